The largest absolute Gasteiger partial charge is 0.354 e. The van der Waals surface area contributed by atoms with Gasteiger partial charge in [0.2, 0.25) is 5.95 Å². The summed E-state index contributed by atoms with van der Waals surface area (Å²) in [5, 5.41) is 6.35. The van der Waals surface area contributed by atoms with Crippen molar-refractivity contribution in [2.24, 2.45) is 0 Å². The molecule has 1 aromatic carbocycles. The highest BCUT2D eigenvalue weighted by Gasteiger charge is 2.07. The van der Waals surface area contributed by atoms with Crippen molar-refractivity contribution in [3.63, 3.8) is 0 Å². The van der Waals surface area contributed by atoms with Gasteiger partial charge in [0.15, 0.2) is 0 Å². The molecule has 0 atom stereocenters. The molecule has 7 heteroatoms. The quantitative estimate of drug-likeness (QED) is 0.692. The molecule has 0 bridgehead atoms. The van der Waals surface area contributed by atoms with Gasteiger partial charge in [-0.05, 0) is 57.0 Å². The van der Waals surface area contributed by atoms with Crippen LogP contribution < -0.4 is 10.6 Å². The molecular formula is C12H11Br3N4. The molecule has 2 aromatic rings. The van der Waals surface area contributed by atoms with E-state index in [9.17, 15) is 0 Å². The Morgan fingerprint density at radius 3 is 2.68 bits per heavy atom. The normalized spacial score (nSPS) is 10.3. The van der Waals surface area contributed by atoms with Crippen LogP contribution in [0.3, 0.4) is 0 Å². The first-order chi connectivity index (χ1) is 9.10. The van der Waals surface area contributed by atoms with Crippen LogP contribution in [0.4, 0.5) is 17.5 Å². The number of halogens is 3. The van der Waals surface area contributed by atoms with Gasteiger partial charge in [0.05, 0.1) is 10.2 Å². The highest BCUT2D eigenvalue weighted by molar-refractivity contribution is 9.11. The summed E-state index contributed by atoms with van der Waals surface area (Å²) in [6, 6.07) is 5.91. The molecule has 19 heavy (non-hydrogen) atoms. The fourth-order valence-corrected chi connectivity index (χ4v) is 2.42. The van der Waals surface area contributed by atoms with Crippen LogP contribution >= 0.6 is 47.8 Å². The van der Waals surface area contributed by atoms with Gasteiger partial charge in [0, 0.05) is 21.7 Å². The molecule has 0 saturated carbocycles. The lowest BCUT2D eigenvalue weighted by Crippen LogP contribution is -2.04. The molecule has 1 aromatic heterocycles. The van der Waals surface area contributed by atoms with Gasteiger partial charge in [0.1, 0.15) is 5.82 Å². The molecule has 0 aliphatic rings. The number of aromatic nitrogens is 2. The van der Waals surface area contributed by atoms with E-state index in [1.54, 1.807) is 6.20 Å². The van der Waals surface area contributed by atoms with Crippen LogP contribution in [0.15, 0.2) is 37.8 Å². The van der Waals surface area contributed by atoms with E-state index < -0.39 is 0 Å². The van der Waals surface area contributed by atoms with Crippen LogP contribution in [-0.2, 0) is 0 Å². The van der Waals surface area contributed by atoms with E-state index in [4.69, 9.17) is 0 Å². The summed E-state index contributed by atoms with van der Waals surface area (Å²) in [7, 11) is 0. The minimum Gasteiger partial charge on any atom is -0.354 e. The van der Waals surface area contributed by atoms with Gasteiger partial charge in [-0.15, -0.1) is 0 Å². The molecule has 100 valence electrons. The third kappa shape index (κ3) is 3.90. The second-order valence-corrected chi connectivity index (χ2v) is 6.29. The average molecular weight is 451 g/mol. The van der Waals surface area contributed by atoms with Crippen molar-refractivity contribution in [1.29, 1.82) is 0 Å². The van der Waals surface area contributed by atoms with E-state index in [1.807, 2.05) is 25.1 Å². The van der Waals surface area contributed by atoms with Crippen molar-refractivity contribution in [3.8, 4) is 0 Å². The molecule has 4 nitrogen and oxygen atoms in total. The first kappa shape index (κ1) is 14.7. The number of hydrogen-bond donors (Lipinski definition) is 2. The van der Waals surface area contributed by atoms with Crippen molar-refractivity contribution in [2.45, 2.75) is 6.92 Å². The van der Waals surface area contributed by atoms with Crippen molar-refractivity contribution in [3.05, 3.63) is 37.8 Å². The zero-order valence-electron chi connectivity index (χ0n) is 10.0. The molecular weight excluding hydrogens is 440 g/mol. The summed E-state index contributed by atoms with van der Waals surface area (Å²) in [6.07, 6.45) is 1.72. The van der Waals surface area contributed by atoms with Gasteiger partial charge >= 0.3 is 0 Å². The topological polar surface area (TPSA) is 49.8 Å². The third-order valence-electron chi connectivity index (χ3n) is 2.26. The SMILES string of the molecule is CCNc1ncc(Br)c(Nc2cc(Br)ccc2Br)n1. The monoisotopic (exact) mass is 448 g/mol. The van der Waals surface area contributed by atoms with Crippen molar-refractivity contribution in [2.75, 3.05) is 17.2 Å². The average Bonchev–Trinajstić information content (AvgIpc) is 2.38. The van der Waals surface area contributed by atoms with Crippen LogP contribution in [0.25, 0.3) is 0 Å². The summed E-state index contributed by atoms with van der Waals surface area (Å²) in [5.41, 5.74) is 0.927. The molecule has 1 heterocycles. The fraction of sp³-hybridized carbons (Fsp3) is 0.167. The van der Waals surface area contributed by atoms with Crippen molar-refractivity contribution >= 4 is 65.2 Å². The second kappa shape index (κ2) is 6.67. The maximum atomic E-state index is 4.41. The molecule has 2 rings (SSSR count). The predicted octanol–water partition coefficient (Wildman–Crippen LogP) is 4.94. The van der Waals surface area contributed by atoms with E-state index in [0.29, 0.717) is 11.8 Å². The van der Waals surface area contributed by atoms with Crippen LogP contribution in [-0.4, -0.2) is 16.5 Å². The zero-order valence-corrected chi connectivity index (χ0v) is 14.8. The van der Waals surface area contributed by atoms with E-state index in [0.717, 1.165) is 25.7 Å². The number of rotatable bonds is 4. The maximum absolute atomic E-state index is 4.41. The summed E-state index contributed by atoms with van der Waals surface area (Å²) in [4.78, 5) is 8.59. The standard InChI is InChI=1S/C12H11Br3N4/c1-2-16-12-17-6-9(15)11(19-12)18-10-5-7(13)3-4-8(10)14/h3-6H,2H2,1H3,(H2,16,17,18,19). The Bertz CT molecular complexity index is 589. The number of nitrogens with one attached hydrogen (secondary N) is 2. The molecule has 0 fully saturated rings. The Hall–Kier alpha value is -0.660. The highest BCUT2D eigenvalue weighted by Crippen LogP contribution is 2.31. The Morgan fingerprint density at radius 2 is 1.95 bits per heavy atom. The minimum absolute atomic E-state index is 0.597. The number of anilines is 3. The Morgan fingerprint density at radius 1 is 1.16 bits per heavy atom. The Balaban J connectivity index is 2.31. The molecule has 0 saturated heterocycles. The van der Waals surface area contributed by atoms with Crippen LogP contribution in [0.2, 0.25) is 0 Å². The third-order valence-corrected chi connectivity index (χ3v) is 4.03. The van der Waals surface area contributed by atoms with Crippen LogP contribution in [0, 0.1) is 0 Å². The summed E-state index contributed by atoms with van der Waals surface area (Å²) in [6.45, 7) is 2.78. The smallest absolute Gasteiger partial charge is 0.224 e. The van der Waals surface area contributed by atoms with Gasteiger partial charge in [-0.2, -0.15) is 4.98 Å². The molecule has 0 aliphatic carbocycles. The summed E-state index contributed by atoms with van der Waals surface area (Å²) >= 11 is 10.4. The molecule has 2 N–H and O–H groups in total. The highest BCUT2D eigenvalue weighted by atomic mass is 79.9. The van der Waals surface area contributed by atoms with Gasteiger partial charge in [-0.1, -0.05) is 15.9 Å². The zero-order chi connectivity index (χ0) is 13.8. The lowest BCUT2D eigenvalue weighted by atomic mass is 10.3. The molecule has 0 unspecified atom stereocenters. The molecule has 0 spiro atoms. The number of nitrogens with zero attached hydrogens (tertiary/aromatic N) is 2. The van der Waals surface area contributed by atoms with E-state index in [-0.39, 0.29) is 0 Å². The lowest BCUT2D eigenvalue weighted by Gasteiger charge is -2.11. The first-order valence-corrected chi connectivity index (χ1v) is 7.96. The van der Waals surface area contributed by atoms with Gasteiger partial charge in [-0.25, -0.2) is 4.98 Å². The number of hydrogen-bond acceptors (Lipinski definition) is 4. The summed E-state index contributed by atoms with van der Waals surface area (Å²) in [5.74, 6) is 1.31. The van der Waals surface area contributed by atoms with Crippen molar-refractivity contribution in [1.82, 2.24) is 9.97 Å². The first-order valence-electron chi connectivity index (χ1n) is 5.58. The second-order valence-electron chi connectivity index (χ2n) is 3.67. The Labute approximate surface area is 136 Å². The molecule has 0 radical (unpaired) electrons. The van der Waals surface area contributed by atoms with Gasteiger partial charge < -0.3 is 10.6 Å². The summed E-state index contributed by atoms with van der Waals surface area (Å²) < 4.78 is 2.77. The number of benzene rings is 1. The van der Waals surface area contributed by atoms with E-state index in [2.05, 4.69) is 68.4 Å². The molecule has 0 amide bonds. The van der Waals surface area contributed by atoms with Gasteiger partial charge in [0.25, 0.3) is 0 Å². The molecule has 0 aliphatic heterocycles. The van der Waals surface area contributed by atoms with Gasteiger partial charge in [-0.3, -0.25) is 0 Å². The fourth-order valence-electron chi connectivity index (χ4n) is 1.42. The van der Waals surface area contributed by atoms with Crippen LogP contribution in [0.5, 0.6) is 0 Å². The Kier molecular flexibility index (Phi) is 5.18. The van der Waals surface area contributed by atoms with E-state index >= 15 is 0 Å². The maximum Gasteiger partial charge on any atom is 0.224 e. The minimum atomic E-state index is 0.597. The predicted molar refractivity (Wildman–Crippen MR) is 89.0 cm³/mol. The van der Waals surface area contributed by atoms with Crippen molar-refractivity contribution < 1.29 is 0 Å². The van der Waals surface area contributed by atoms with Crippen LogP contribution in [0.1, 0.15) is 6.92 Å². The lowest BCUT2D eigenvalue weighted by molar-refractivity contribution is 1.08. The van der Waals surface area contributed by atoms with E-state index in [1.165, 1.54) is 0 Å².